The molecule has 0 aromatic heterocycles. The van der Waals surface area contributed by atoms with E-state index in [4.69, 9.17) is 0 Å². The molecule has 2 heterocycles. The molecule has 0 saturated carbocycles. The average molecular weight is 185 g/mol. The third-order valence-electron chi connectivity index (χ3n) is 1.52. The van der Waals surface area contributed by atoms with E-state index in [1.54, 1.807) is 24.4 Å². The second-order valence-electron chi connectivity index (χ2n) is 2.30. The molecule has 2 rings (SSSR count). The largest absolute Gasteiger partial charge is 0.317 e. The second kappa shape index (κ2) is 2.79. The van der Waals surface area contributed by atoms with Crippen molar-refractivity contribution in [2.75, 3.05) is 0 Å². The van der Waals surface area contributed by atoms with Crippen LogP contribution in [0.5, 0.6) is 0 Å². The first-order chi connectivity index (χ1) is 5.77. The lowest BCUT2D eigenvalue weighted by Crippen LogP contribution is -2.13. The van der Waals surface area contributed by atoms with Gasteiger partial charge in [-0.15, -0.1) is 0 Å². The molecule has 2 aliphatic heterocycles. The molecular weight excluding hydrogens is 180 g/mol. The van der Waals surface area contributed by atoms with Crippen LogP contribution in [-0.4, -0.2) is 4.90 Å². The Morgan fingerprint density at radius 1 is 1.25 bits per heavy atom. The molecular formula is C8H5F2NS. The van der Waals surface area contributed by atoms with Gasteiger partial charge in [-0.05, 0) is 23.9 Å². The maximum absolute atomic E-state index is 13.0. The first-order valence-corrected chi connectivity index (χ1v) is 4.17. The van der Waals surface area contributed by atoms with Crippen LogP contribution in [0.25, 0.3) is 0 Å². The van der Waals surface area contributed by atoms with E-state index in [0.717, 1.165) is 0 Å². The fraction of sp³-hybridized carbons (Fsp3) is 0. The lowest BCUT2D eigenvalue weighted by Gasteiger charge is -2.22. The summed E-state index contributed by atoms with van der Waals surface area (Å²) in [4.78, 5) is 1.42. The van der Waals surface area contributed by atoms with Gasteiger partial charge in [0.1, 0.15) is 0 Å². The summed E-state index contributed by atoms with van der Waals surface area (Å²) in [7, 11) is 0. The SMILES string of the molecule is FC1=CN2C=CC=CC2=C(F)S1. The Kier molecular flexibility index (Phi) is 1.77. The molecule has 12 heavy (non-hydrogen) atoms. The van der Waals surface area contributed by atoms with Gasteiger partial charge < -0.3 is 4.90 Å². The smallest absolute Gasteiger partial charge is 0.187 e. The molecule has 0 atom stereocenters. The maximum Gasteiger partial charge on any atom is 0.187 e. The summed E-state index contributed by atoms with van der Waals surface area (Å²) in [6.07, 6.45) is 7.89. The molecule has 62 valence electrons. The molecule has 0 fully saturated rings. The molecule has 0 unspecified atom stereocenters. The highest BCUT2D eigenvalue weighted by atomic mass is 32.2. The van der Waals surface area contributed by atoms with Gasteiger partial charge in [0.05, 0.1) is 11.9 Å². The molecule has 0 spiro atoms. The number of hydrogen-bond acceptors (Lipinski definition) is 2. The van der Waals surface area contributed by atoms with Crippen molar-refractivity contribution in [1.82, 2.24) is 4.90 Å². The fourth-order valence-electron chi connectivity index (χ4n) is 1.01. The van der Waals surface area contributed by atoms with Crippen molar-refractivity contribution in [2.45, 2.75) is 0 Å². The number of nitrogens with zero attached hydrogens (tertiary/aromatic N) is 1. The minimum Gasteiger partial charge on any atom is -0.317 e. The molecule has 0 amide bonds. The zero-order chi connectivity index (χ0) is 8.55. The van der Waals surface area contributed by atoms with E-state index < -0.39 is 10.3 Å². The van der Waals surface area contributed by atoms with E-state index in [-0.39, 0.29) is 0 Å². The van der Waals surface area contributed by atoms with Crippen LogP contribution >= 0.6 is 11.8 Å². The Hall–Kier alpha value is -1.03. The van der Waals surface area contributed by atoms with Gasteiger partial charge in [-0.3, -0.25) is 0 Å². The van der Waals surface area contributed by atoms with Crippen molar-refractivity contribution in [3.63, 3.8) is 0 Å². The van der Waals surface area contributed by atoms with Gasteiger partial charge in [-0.25, -0.2) is 0 Å². The zero-order valence-corrected chi connectivity index (χ0v) is 6.81. The second-order valence-corrected chi connectivity index (χ2v) is 3.25. The summed E-state index contributed by atoms with van der Waals surface area (Å²) >= 11 is 0.507. The van der Waals surface area contributed by atoms with Gasteiger partial charge in [-0.2, -0.15) is 8.78 Å². The monoisotopic (exact) mass is 185 g/mol. The highest BCUT2D eigenvalue weighted by molar-refractivity contribution is 8.06. The fourth-order valence-corrected chi connectivity index (χ4v) is 1.62. The highest BCUT2D eigenvalue weighted by Gasteiger charge is 2.19. The molecule has 0 aliphatic carbocycles. The van der Waals surface area contributed by atoms with E-state index in [1.807, 2.05) is 0 Å². The third kappa shape index (κ3) is 1.18. The van der Waals surface area contributed by atoms with Gasteiger partial charge in [0.2, 0.25) is 0 Å². The molecule has 4 heteroatoms. The predicted molar refractivity (Wildman–Crippen MR) is 45.0 cm³/mol. The van der Waals surface area contributed by atoms with E-state index in [0.29, 0.717) is 17.5 Å². The van der Waals surface area contributed by atoms with Gasteiger partial charge in [0.25, 0.3) is 0 Å². The molecule has 0 bridgehead atoms. The van der Waals surface area contributed by atoms with Gasteiger partial charge in [0.15, 0.2) is 10.3 Å². The van der Waals surface area contributed by atoms with Crippen molar-refractivity contribution in [1.29, 1.82) is 0 Å². The lowest BCUT2D eigenvalue weighted by molar-refractivity contribution is 0.556. The predicted octanol–water partition coefficient (Wildman–Crippen LogP) is 3.03. The van der Waals surface area contributed by atoms with Crippen molar-refractivity contribution >= 4 is 11.8 Å². The first kappa shape index (κ1) is 7.61. The van der Waals surface area contributed by atoms with Gasteiger partial charge in [0, 0.05) is 6.20 Å². The van der Waals surface area contributed by atoms with E-state index in [9.17, 15) is 8.78 Å². The molecule has 0 aromatic rings. The van der Waals surface area contributed by atoms with Crippen molar-refractivity contribution in [3.05, 3.63) is 46.6 Å². The van der Waals surface area contributed by atoms with Crippen LogP contribution in [0.1, 0.15) is 0 Å². The number of rotatable bonds is 0. The van der Waals surface area contributed by atoms with Crippen molar-refractivity contribution in [3.8, 4) is 0 Å². The number of halogens is 2. The summed E-state index contributed by atoms with van der Waals surface area (Å²) in [6, 6.07) is 0. The molecule has 0 aromatic carbocycles. The van der Waals surface area contributed by atoms with Crippen LogP contribution in [0, 0.1) is 0 Å². The quantitative estimate of drug-likeness (QED) is 0.570. The number of hydrogen-bond donors (Lipinski definition) is 0. The normalized spacial score (nSPS) is 21.2. The average Bonchev–Trinajstić information content (AvgIpc) is 2.04. The first-order valence-electron chi connectivity index (χ1n) is 3.35. The highest BCUT2D eigenvalue weighted by Crippen LogP contribution is 2.37. The Morgan fingerprint density at radius 3 is 2.92 bits per heavy atom. The van der Waals surface area contributed by atoms with Crippen LogP contribution in [0.2, 0.25) is 0 Å². The van der Waals surface area contributed by atoms with Crippen LogP contribution in [-0.2, 0) is 0 Å². The topological polar surface area (TPSA) is 3.24 Å². The number of thioether (sulfide) groups is 1. The molecule has 2 aliphatic rings. The standard InChI is InChI=1S/C8H5F2NS/c9-7-5-11-4-2-1-3-6(11)8(10)12-7/h1-5H. The Morgan fingerprint density at radius 2 is 2.08 bits per heavy atom. The van der Waals surface area contributed by atoms with Crippen LogP contribution in [0.4, 0.5) is 8.78 Å². The number of fused-ring (bicyclic) bond motifs is 1. The Balaban J connectivity index is 2.40. The van der Waals surface area contributed by atoms with Crippen LogP contribution in [0.15, 0.2) is 46.6 Å². The van der Waals surface area contributed by atoms with Gasteiger partial charge >= 0.3 is 0 Å². The summed E-state index contributed by atoms with van der Waals surface area (Å²) < 4.78 is 25.7. The van der Waals surface area contributed by atoms with E-state index in [2.05, 4.69) is 0 Å². The van der Waals surface area contributed by atoms with E-state index in [1.165, 1.54) is 11.1 Å². The summed E-state index contributed by atoms with van der Waals surface area (Å²) in [5.74, 6) is 0. The molecule has 0 radical (unpaired) electrons. The lowest BCUT2D eigenvalue weighted by atomic mass is 10.3. The zero-order valence-electron chi connectivity index (χ0n) is 6.00. The third-order valence-corrected chi connectivity index (χ3v) is 2.21. The summed E-state index contributed by atoms with van der Waals surface area (Å²) in [5.41, 5.74) is 0.393. The molecule has 0 N–H and O–H groups in total. The van der Waals surface area contributed by atoms with Crippen molar-refractivity contribution in [2.24, 2.45) is 0 Å². The number of allylic oxidation sites excluding steroid dienone is 3. The Labute approximate surface area is 72.7 Å². The maximum atomic E-state index is 13.0. The molecule has 0 saturated heterocycles. The van der Waals surface area contributed by atoms with Crippen LogP contribution in [0.3, 0.4) is 0 Å². The van der Waals surface area contributed by atoms with Crippen molar-refractivity contribution < 1.29 is 8.78 Å². The summed E-state index contributed by atoms with van der Waals surface area (Å²) in [5, 5.41) is -1.04. The Bertz CT molecular complexity index is 328. The minimum absolute atomic E-state index is 0.393. The minimum atomic E-state index is -0.531. The van der Waals surface area contributed by atoms with Gasteiger partial charge in [-0.1, -0.05) is 6.08 Å². The summed E-state index contributed by atoms with van der Waals surface area (Å²) in [6.45, 7) is 0. The van der Waals surface area contributed by atoms with E-state index >= 15 is 0 Å². The molecule has 1 nitrogen and oxygen atoms in total. The van der Waals surface area contributed by atoms with Crippen LogP contribution < -0.4 is 0 Å².